The average molecular weight is 285 g/mol. The van der Waals surface area contributed by atoms with Gasteiger partial charge in [-0.2, -0.15) is 0 Å². The molecule has 0 bridgehead atoms. The molecular formula is C18H23NO2. The second kappa shape index (κ2) is 7.25. The Hall–Kier alpha value is -1.84. The fraction of sp³-hybridized carbons (Fsp3) is 0.333. The average Bonchev–Trinajstić information content (AvgIpc) is 2.53. The SMILES string of the molecule is COc1ccc(C(O)CN[C@@H](C)c2ccc(C)cc2)cc1. The molecule has 2 aromatic carbocycles. The summed E-state index contributed by atoms with van der Waals surface area (Å²) in [5, 5.41) is 13.6. The van der Waals surface area contributed by atoms with Crippen LogP contribution in [0.4, 0.5) is 0 Å². The van der Waals surface area contributed by atoms with Crippen LogP contribution in [0.1, 0.15) is 35.8 Å². The summed E-state index contributed by atoms with van der Waals surface area (Å²) in [5.41, 5.74) is 3.37. The number of aliphatic hydroxyl groups excluding tert-OH is 1. The molecule has 2 rings (SSSR count). The zero-order valence-electron chi connectivity index (χ0n) is 12.8. The minimum atomic E-state index is -0.524. The number of aryl methyl sites for hydroxylation is 1. The second-order valence-corrected chi connectivity index (χ2v) is 5.33. The fourth-order valence-corrected chi connectivity index (χ4v) is 2.21. The maximum absolute atomic E-state index is 10.2. The molecule has 112 valence electrons. The van der Waals surface area contributed by atoms with Crippen molar-refractivity contribution >= 4 is 0 Å². The quantitative estimate of drug-likeness (QED) is 0.855. The van der Waals surface area contributed by atoms with Crippen LogP contribution in [0.3, 0.4) is 0 Å². The van der Waals surface area contributed by atoms with Gasteiger partial charge in [-0.15, -0.1) is 0 Å². The van der Waals surface area contributed by atoms with Crippen molar-refractivity contribution in [3.63, 3.8) is 0 Å². The van der Waals surface area contributed by atoms with Crippen LogP contribution in [0.15, 0.2) is 48.5 Å². The van der Waals surface area contributed by atoms with Crippen LogP contribution < -0.4 is 10.1 Å². The van der Waals surface area contributed by atoms with Crippen molar-refractivity contribution in [1.29, 1.82) is 0 Å². The minimum absolute atomic E-state index is 0.207. The fourth-order valence-electron chi connectivity index (χ4n) is 2.21. The molecule has 3 heteroatoms. The van der Waals surface area contributed by atoms with Gasteiger partial charge in [0.2, 0.25) is 0 Å². The van der Waals surface area contributed by atoms with E-state index in [1.807, 2.05) is 24.3 Å². The predicted octanol–water partition coefficient (Wildman–Crippen LogP) is 3.39. The molecule has 0 spiro atoms. The normalized spacial score (nSPS) is 13.7. The van der Waals surface area contributed by atoms with Crippen LogP contribution in [0.5, 0.6) is 5.75 Å². The number of hydrogen-bond donors (Lipinski definition) is 2. The van der Waals surface area contributed by atoms with Crippen molar-refractivity contribution in [2.75, 3.05) is 13.7 Å². The van der Waals surface area contributed by atoms with E-state index in [4.69, 9.17) is 4.74 Å². The summed E-state index contributed by atoms with van der Waals surface area (Å²) in [6.45, 7) is 4.70. The summed E-state index contributed by atoms with van der Waals surface area (Å²) in [5.74, 6) is 0.798. The number of aliphatic hydroxyl groups is 1. The molecule has 3 nitrogen and oxygen atoms in total. The summed E-state index contributed by atoms with van der Waals surface area (Å²) in [7, 11) is 1.64. The van der Waals surface area contributed by atoms with Gasteiger partial charge in [0, 0.05) is 12.6 Å². The number of rotatable bonds is 6. The largest absolute Gasteiger partial charge is 0.497 e. The Balaban J connectivity index is 1.90. The van der Waals surface area contributed by atoms with Gasteiger partial charge >= 0.3 is 0 Å². The molecule has 0 saturated heterocycles. The van der Waals surface area contributed by atoms with Crippen LogP contribution in [0.25, 0.3) is 0 Å². The molecule has 0 saturated carbocycles. The highest BCUT2D eigenvalue weighted by Gasteiger charge is 2.10. The molecular weight excluding hydrogens is 262 g/mol. The summed E-state index contributed by atoms with van der Waals surface area (Å²) in [4.78, 5) is 0. The number of hydrogen-bond acceptors (Lipinski definition) is 3. The third kappa shape index (κ3) is 4.31. The lowest BCUT2D eigenvalue weighted by atomic mass is 10.1. The standard InChI is InChI=1S/C18H23NO2/c1-13-4-6-15(7-5-13)14(2)19-12-18(20)16-8-10-17(21-3)11-9-16/h4-11,14,18-20H,12H2,1-3H3/t14-,18?/m0/s1. The lowest BCUT2D eigenvalue weighted by Crippen LogP contribution is -2.24. The van der Waals surface area contributed by atoms with E-state index in [1.54, 1.807) is 7.11 Å². The number of methoxy groups -OCH3 is 1. The van der Waals surface area contributed by atoms with E-state index in [-0.39, 0.29) is 6.04 Å². The zero-order chi connectivity index (χ0) is 15.2. The molecule has 2 aromatic rings. The highest BCUT2D eigenvalue weighted by Crippen LogP contribution is 2.19. The zero-order valence-corrected chi connectivity index (χ0v) is 12.8. The van der Waals surface area contributed by atoms with Gasteiger partial charge in [0.1, 0.15) is 5.75 Å². The highest BCUT2D eigenvalue weighted by molar-refractivity contribution is 5.28. The first-order valence-corrected chi connectivity index (χ1v) is 7.22. The molecule has 2 N–H and O–H groups in total. The van der Waals surface area contributed by atoms with E-state index >= 15 is 0 Å². The molecule has 0 amide bonds. The molecule has 0 aliphatic heterocycles. The van der Waals surface area contributed by atoms with Crippen molar-refractivity contribution in [3.8, 4) is 5.75 Å². The van der Waals surface area contributed by atoms with Gasteiger partial charge in [-0.05, 0) is 37.1 Å². The van der Waals surface area contributed by atoms with Crippen LogP contribution in [0.2, 0.25) is 0 Å². The third-order valence-electron chi connectivity index (χ3n) is 3.70. The van der Waals surface area contributed by atoms with Gasteiger partial charge in [-0.25, -0.2) is 0 Å². The molecule has 2 atom stereocenters. The second-order valence-electron chi connectivity index (χ2n) is 5.33. The van der Waals surface area contributed by atoms with Gasteiger partial charge in [0.05, 0.1) is 13.2 Å². The lowest BCUT2D eigenvalue weighted by Gasteiger charge is -2.18. The monoisotopic (exact) mass is 285 g/mol. The predicted molar refractivity (Wildman–Crippen MR) is 85.6 cm³/mol. The van der Waals surface area contributed by atoms with E-state index in [0.29, 0.717) is 6.54 Å². The molecule has 21 heavy (non-hydrogen) atoms. The Labute approximate surface area is 126 Å². The first-order chi connectivity index (χ1) is 10.1. The molecule has 0 radical (unpaired) electrons. The van der Waals surface area contributed by atoms with Gasteiger partial charge in [-0.3, -0.25) is 0 Å². The Morgan fingerprint density at radius 2 is 1.57 bits per heavy atom. The van der Waals surface area contributed by atoms with Crippen LogP contribution in [-0.4, -0.2) is 18.8 Å². The number of benzene rings is 2. The Kier molecular flexibility index (Phi) is 5.37. The lowest BCUT2D eigenvalue weighted by molar-refractivity contribution is 0.170. The van der Waals surface area contributed by atoms with Crippen molar-refractivity contribution in [2.45, 2.75) is 26.0 Å². The first kappa shape index (κ1) is 15.5. The van der Waals surface area contributed by atoms with E-state index in [9.17, 15) is 5.11 Å². The van der Waals surface area contributed by atoms with Crippen LogP contribution >= 0.6 is 0 Å². The van der Waals surface area contributed by atoms with Gasteiger partial charge in [-0.1, -0.05) is 42.0 Å². The molecule has 0 aliphatic carbocycles. The van der Waals surface area contributed by atoms with Gasteiger partial charge in [0.25, 0.3) is 0 Å². The number of ether oxygens (including phenoxy) is 1. The first-order valence-electron chi connectivity index (χ1n) is 7.22. The molecule has 0 aliphatic rings. The van der Waals surface area contributed by atoms with E-state index in [2.05, 4.69) is 43.4 Å². The molecule has 0 aromatic heterocycles. The van der Waals surface area contributed by atoms with Crippen LogP contribution in [0, 0.1) is 6.92 Å². The summed E-state index contributed by atoms with van der Waals surface area (Å²) >= 11 is 0. The topological polar surface area (TPSA) is 41.5 Å². The Bertz CT molecular complexity index is 548. The maximum atomic E-state index is 10.2. The van der Waals surface area contributed by atoms with Gasteiger partial charge in [0.15, 0.2) is 0 Å². The molecule has 1 unspecified atom stereocenters. The van der Waals surface area contributed by atoms with Crippen molar-refractivity contribution in [2.24, 2.45) is 0 Å². The van der Waals surface area contributed by atoms with E-state index in [0.717, 1.165) is 11.3 Å². The minimum Gasteiger partial charge on any atom is -0.497 e. The Morgan fingerprint density at radius 3 is 2.14 bits per heavy atom. The Morgan fingerprint density at radius 1 is 1.00 bits per heavy atom. The van der Waals surface area contributed by atoms with E-state index < -0.39 is 6.10 Å². The van der Waals surface area contributed by atoms with E-state index in [1.165, 1.54) is 11.1 Å². The summed E-state index contributed by atoms with van der Waals surface area (Å²) in [6, 6.07) is 16.2. The van der Waals surface area contributed by atoms with Crippen molar-refractivity contribution in [1.82, 2.24) is 5.32 Å². The molecule has 0 fully saturated rings. The third-order valence-corrected chi connectivity index (χ3v) is 3.70. The van der Waals surface area contributed by atoms with Gasteiger partial charge < -0.3 is 15.2 Å². The van der Waals surface area contributed by atoms with Crippen LogP contribution in [-0.2, 0) is 0 Å². The van der Waals surface area contributed by atoms with Crippen molar-refractivity contribution < 1.29 is 9.84 Å². The summed E-state index contributed by atoms with van der Waals surface area (Å²) in [6.07, 6.45) is -0.524. The maximum Gasteiger partial charge on any atom is 0.118 e. The van der Waals surface area contributed by atoms with Crippen molar-refractivity contribution in [3.05, 3.63) is 65.2 Å². The smallest absolute Gasteiger partial charge is 0.118 e. The summed E-state index contributed by atoms with van der Waals surface area (Å²) < 4.78 is 5.12. The molecule has 0 heterocycles. The number of nitrogens with one attached hydrogen (secondary N) is 1. The highest BCUT2D eigenvalue weighted by atomic mass is 16.5.